The first-order valence-electron chi connectivity index (χ1n) is 10.1. The first kappa shape index (κ1) is 23.3. The summed E-state index contributed by atoms with van der Waals surface area (Å²) in [5.74, 6) is 1.15. The maximum Gasteiger partial charge on any atom is 0.251 e. The van der Waals surface area contributed by atoms with Crippen LogP contribution in [-0.2, 0) is 11.8 Å². The van der Waals surface area contributed by atoms with E-state index >= 15 is 0 Å². The van der Waals surface area contributed by atoms with Gasteiger partial charge in [-0.15, -0.1) is 10.2 Å². The van der Waals surface area contributed by atoms with Gasteiger partial charge in [-0.3, -0.25) is 9.59 Å². The molecule has 0 aliphatic rings. The Bertz CT molecular complexity index is 1110. The molecule has 2 N–H and O–H groups in total. The Kier molecular flexibility index (Phi) is 7.53. The van der Waals surface area contributed by atoms with Crippen molar-refractivity contribution >= 4 is 29.3 Å². The number of anilines is 1. The van der Waals surface area contributed by atoms with Gasteiger partial charge in [-0.2, -0.15) is 0 Å². The fourth-order valence-corrected chi connectivity index (χ4v) is 3.84. The molecule has 0 fully saturated rings. The number of carbonyl (C=O) groups excluding carboxylic acids is 2. The number of aryl methyl sites for hydroxylation is 1. The van der Waals surface area contributed by atoms with E-state index in [9.17, 15) is 9.59 Å². The van der Waals surface area contributed by atoms with E-state index in [0.717, 1.165) is 16.8 Å². The Morgan fingerprint density at radius 2 is 1.84 bits per heavy atom. The van der Waals surface area contributed by atoms with Gasteiger partial charge in [0.05, 0.1) is 18.9 Å². The van der Waals surface area contributed by atoms with Crippen LogP contribution >= 0.6 is 11.8 Å². The molecule has 0 aliphatic heterocycles. The number of methoxy groups -OCH3 is 1. The largest absolute Gasteiger partial charge is 0.497 e. The number of rotatable bonds is 8. The molecule has 1 heterocycles. The second-order valence-corrected chi connectivity index (χ2v) is 8.35. The van der Waals surface area contributed by atoms with Gasteiger partial charge in [0.2, 0.25) is 5.91 Å². The molecule has 1 atom stereocenters. The lowest BCUT2D eigenvalue weighted by Crippen LogP contribution is -2.28. The molecule has 168 valence electrons. The van der Waals surface area contributed by atoms with Gasteiger partial charge in [0.15, 0.2) is 11.0 Å². The quantitative estimate of drug-likeness (QED) is 0.505. The number of amides is 2. The molecular weight excluding hydrogens is 426 g/mol. The number of aromatic nitrogens is 3. The van der Waals surface area contributed by atoms with E-state index in [0.29, 0.717) is 22.3 Å². The van der Waals surface area contributed by atoms with Crippen molar-refractivity contribution in [1.29, 1.82) is 0 Å². The van der Waals surface area contributed by atoms with Gasteiger partial charge in [-0.1, -0.05) is 23.9 Å². The molecule has 0 radical (unpaired) electrons. The van der Waals surface area contributed by atoms with E-state index in [-0.39, 0.29) is 23.6 Å². The number of nitrogens with zero attached hydrogens (tertiary/aromatic N) is 3. The highest BCUT2D eigenvalue weighted by molar-refractivity contribution is 7.99. The molecule has 9 heteroatoms. The molecule has 0 saturated heterocycles. The first-order valence-corrected chi connectivity index (χ1v) is 11.1. The SMILES string of the molecule is COc1ccc(C(=O)N[C@H](C)c2nnc(SCC(=O)Nc3cccc(C)c3C)n2C)cc1. The number of hydrogen-bond acceptors (Lipinski definition) is 6. The van der Waals surface area contributed by atoms with Crippen molar-refractivity contribution in [2.24, 2.45) is 7.05 Å². The minimum Gasteiger partial charge on any atom is -0.497 e. The van der Waals surface area contributed by atoms with Crippen molar-refractivity contribution in [3.05, 3.63) is 65.0 Å². The van der Waals surface area contributed by atoms with Gasteiger partial charge < -0.3 is 19.9 Å². The van der Waals surface area contributed by atoms with Crippen molar-refractivity contribution in [3.8, 4) is 5.75 Å². The van der Waals surface area contributed by atoms with Gasteiger partial charge >= 0.3 is 0 Å². The van der Waals surface area contributed by atoms with Gasteiger partial charge in [0.25, 0.3) is 5.91 Å². The van der Waals surface area contributed by atoms with Gasteiger partial charge in [-0.05, 0) is 62.2 Å². The summed E-state index contributed by atoms with van der Waals surface area (Å²) in [5, 5.41) is 14.8. The average Bonchev–Trinajstić information content (AvgIpc) is 3.16. The summed E-state index contributed by atoms with van der Waals surface area (Å²) in [5.41, 5.74) is 3.51. The van der Waals surface area contributed by atoms with Crippen LogP contribution in [0.15, 0.2) is 47.6 Å². The van der Waals surface area contributed by atoms with E-state index in [4.69, 9.17) is 4.74 Å². The van der Waals surface area contributed by atoms with Crippen LogP contribution in [-0.4, -0.2) is 39.4 Å². The summed E-state index contributed by atoms with van der Waals surface area (Å²) in [6.45, 7) is 5.83. The van der Waals surface area contributed by atoms with Crippen LogP contribution in [0.25, 0.3) is 0 Å². The van der Waals surface area contributed by atoms with Crippen LogP contribution in [0.4, 0.5) is 5.69 Å². The van der Waals surface area contributed by atoms with E-state index in [1.54, 1.807) is 35.9 Å². The molecule has 0 aliphatic carbocycles. The number of thioether (sulfide) groups is 1. The second kappa shape index (κ2) is 10.3. The Hall–Kier alpha value is -3.33. The van der Waals surface area contributed by atoms with Gasteiger partial charge in [-0.25, -0.2) is 0 Å². The van der Waals surface area contributed by atoms with Crippen molar-refractivity contribution in [2.75, 3.05) is 18.2 Å². The predicted octanol–water partition coefficient (Wildman–Crippen LogP) is 3.66. The number of carbonyl (C=O) groups is 2. The third-order valence-corrected chi connectivity index (χ3v) is 6.19. The Morgan fingerprint density at radius 3 is 2.53 bits per heavy atom. The van der Waals surface area contributed by atoms with Crippen LogP contribution in [0.5, 0.6) is 5.75 Å². The highest BCUT2D eigenvalue weighted by Gasteiger charge is 2.19. The smallest absolute Gasteiger partial charge is 0.251 e. The Labute approximate surface area is 191 Å². The molecule has 3 aromatic rings. The molecular formula is C23H27N5O3S. The van der Waals surface area contributed by atoms with Crippen molar-refractivity contribution < 1.29 is 14.3 Å². The Balaban J connectivity index is 1.58. The summed E-state index contributed by atoms with van der Waals surface area (Å²) in [6, 6.07) is 12.3. The standard InChI is InChI=1S/C23H27N5O3S/c1-14-7-6-8-19(15(14)2)25-20(29)13-32-23-27-26-21(28(23)4)16(3)24-22(30)17-9-11-18(31-5)12-10-17/h6-12,16H,13H2,1-5H3,(H,24,30)(H,25,29)/t16-/m1/s1. The summed E-state index contributed by atoms with van der Waals surface area (Å²) in [4.78, 5) is 24.9. The number of nitrogens with one attached hydrogen (secondary N) is 2. The summed E-state index contributed by atoms with van der Waals surface area (Å²) < 4.78 is 6.90. The molecule has 3 rings (SSSR count). The Morgan fingerprint density at radius 1 is 1.12 bits per heavy atom. The zero-order chi connectivity index (χ0) is 23.3. The predicted molar refractivity (Wildman–Crippen MR) is 125 cm³/mol. The molecule has 0 unspecified atom stereocenters. The monoisotopic (exact) mass is 453 g/mol. The minimum atomic E-state index is -0.361. The van der Waals surface area contributed by atoms with E-state index in [2.05, 4.69) is 20.8 Å². The molecule has 1 aromatic heterocycles. The number of ether oxygens (including phenoxy) is 1. The molecule has 0 saturated carbocycles. The zero-order valence-corrected chi connectivity index (χ0v) is 19.6. The fraction of sp³-hybridized carbons (Fsp3) is 0.304. The van der Waals surface area contributed by atoms with E-state index in [1.807, 2.05) is 46.0 Å². The van der Waals surface area contributed by atoms with Crippen LogP contribution in [0.3, 0.4) is 0 Å². The topological polar surface area (TPSA) is 98.1 Å². The maximum atomic E-state index is 12.5. The summed E-state index contributed by atoms with van der Waals surface area (Å²) in [6.07, 6.45) is 0. The number of hydrogen-bond donors (Lipinski definition) is 2. The lowest BCUT2D eigenvalue weighted by Gasteiger charge is -2.14. The summed E-state index contributed by atoms with van der Waals surface area (Å²) in [7, 11) is 3.39. The molecule has 0 bridgehead atoms. The molecule has 2 aromatic carbocycles. The molecule has 0 spiro atoms. The molecule has 2 amide bonds. The van der Waals surface area contributed by atoms with Crippen molar-refractivity contribution in [3.63, 3.8) is 0 Å². The van der Waals surface area contributed by atoms with Crippen molar-refractivity contribution in [2.45, 2.75) is 32.0 Å². The van der Waals surface area contributed by atoms with Crippen molar-refractivity contribution in [1.82, 2.24) is 20.1 Å². The highest BCUT2D eigenvalue weighted by atomic mass is 32.2. The first-order chi connectivity index (χ1) is 15.3. The van der Waals surface area contributed by atoms with Crippen LogP contribution in [0, 0.1) is 13.8 Å². The summed E-state index contributed by atoms with van der Waals surface area (Å²) >= 11 is 1.29. The maximum absolute atomic E-state index is 12.5. The lowest BCUT2D eigenvalue weighted by atomic mass is 10.1. The van der Waals surface area contributed by atoms with Gasteiger partial charge in [0, 0.05) is 18.3 Å². The van der Waals surface area contributed by atoms with E-state index in [1.165, 1.54) is 11.8 Å². The average molecular weight is 454 g/mol. The number of benzene rings is 2. The third kappa shape index (κ3) is 5.47. The fourth-order valence-electron chi connectivity index (χ4n) is 3.12. The minimum absolute atomic E-state index is 0.117. The second-order valence-electron chi connectivity index (χ2n) is 7.41. The highest BCUT2D eigenvalue weighted by Crippen LogP contribution is 2.22. The molecule has 8 nitrogen and oxygen atoms in total. The van der Waals surface area contributed by atoms with Crippen LogP contribution in [0.1, 0.15) is 40.3 Å². The molecule has 32 heavy (non-hydrogen) atoms. The third-order valence-electron chi connectivity index (χ3n) is 5.17. The van der Waals surface area contributed by atoms with Crippen LogP contribution in [0.2, 0.25) is 0 Å². The zero-order valence-electron chi connectivity index (χ0n) is 18.8. The van der Waals surface area contributed by atoms with Gasteiger partial charge in [0.1, 0.15) is 5.75 Å². The normalized spacial score (nSPS) is 11.7. The van der Waals surface area contributed by atoms with E-state index < -0.39 is 0 Å². The van der Waals surface area contributed by atoms with Crippen LogP contribution < -0.4 is 15.4 Å². The lowest BCUT2D eigenvalue weighted by molar-refractivity contribution is -0.113.